The van der Waals surface area contributed by atoms with E-state index in [1.54, 1.807) is 13.0 Å². The van der Waals surface area contributed by atoms with Crippen molar-refractivity contribution in [1.82, 2.24) is 0 Å². The molecule has 0 bridgehead atoms. The fourth-order valence-electron chi connectivity index (χ4n) is 5.63. The highest BCUT2D eigenvalue weighted by Gasteiger charge is 2.54. The lowest BCUT2D eigenvalue weighted by atomic mass is 9.66. The smallest absolute Gasteiger partial charge is 0.303 e. The number of allylic oxidation sites excluding steroid dienone is 1. The minimum Gasteiger partial charge on any atom is -0.463 e. The maximum Gasteiger partial charge on any atom is 0.303 e. The van der Waals surface area contributed by atoms with Gasteiger partial charge in [-0.2, -0.15) is 0 Å². The molecule has 0 unspecified atom stereocenters. The molecule has 1 fully saturated rings. The number of Topliss-reactive ketones (excluding diaryl/α,β-unsaturated/α-hetero) is 2. The van der Waals surface area contributed by atoms with Gasteiger partial charge in [0, 0.05) is 39.2 Å². The summed E-state index contributed by atoms with van der Waals surface area (Å²) >= 11 is 0. The molecule has 0 aromatic heterocycles. The zero-order valence-corrected chi connectivity index (χ0v) is 23.7. The van der Waals surface area contributed by atoms with E-state index in [1.165, 1.54) is 18.2 Å². The van der Waals surface area contributed by atoms with Gasteiger partial charge in [-0.3, -0.25) is 28.8 Å². The molecule has 13 nitrogen and oxygen atoms in total. The molecule has 0 amide bonds. The summed E-state index contributed by atoms with van der Waals surface area (Å²) in [6.07, 6.45) is -6.53. The zero-order chi connectivity index (χ0) is 30.9. The number of hydrogen-bond acceptors (Lipinski definition) is 13. The van der Waals surface area contributed by atoms with Crippen molar-refractivity contribution in [2.24, 2.45) is 11.8 Å². The first-order chi connectivity index (χ1) is 19.8. The van der Waals surface area contributed by atoms with E-state index < -0.39 is 90.7 Å². The van der Waals surface area contributed by atoms with Crippen molar-refractivity contribution in [2.45, 2.75) is 77.8 Å². The second-order valence-corrected chi connectivity index (χ2v) is 10.4. The molecule has 13 heteroatoms. The highest BCUT2D eigenvalue weighted by Crippen LogP contribution is 2.43. The monoisotopic (exact) mass is 588 g/mol. The molecule has 8 atom stereocenters. The van der Waals surface area contributed by atoms with Crippen molar-refractivity contribution in [2.75, 3.05) is 6.61 Å². The number of rotatable bonds is 7. The highest BCUT2D eigenvalue weighted by molar-refractivity contribution is 6.17. The van der Waals surface area contributed by atoms with Crippen LogP contribution in [0, 0.1) is 11.8 Å². The number of ether oxygens (including phenoxy) is 6. The predicted molar refractivity (Wildman–Crippen MR) is 139 cm³/mol. The van der Waals surface area contributed by atoms with Gasteiger partial charge in [-0.15, -0.1) is 0 Å². The average molecular weight is 589 g/mol. The lowest BCUT2D eigenvalue weighted by molar-refractivity contribution is -0.288. The Morgan fingerprint density at radius 3 is 2.12 bits per heavy atom. The standard InChI is InChI=1S/C29H32O13/c1-12-9-18-22(19(34)10-12)24(35)17-7-6-8-20(23(17)25(18)36)41-29-28(40-16(5)33)27(39-15(4)32)26(38-14(3)31)21(42-29)11-37-13(2)30/h6-8,10,18-19,21-22,26-29,34H,9,11H2,1-5H3/t18-,19-,21+,22+,26+,27-,28+,29+/m1/s1. The molecule has 1 N–H and O–H groups in total. The topological polar surface area (TPSA) is 178 Å². The Morgan fingerprint density at radius 2 is 1.50 bits per heavy atom. The van der Waals surface area contributed by atoms with Crippen LogP contribution in [0.5, 0.6) is 5.75 Å². The third-order valence-electron chi connectivity index (χ3n) is 7.17. The van der Waals surface area contributed by atoms with Crippen LogP contribution in [-0.2, 0) is 42.9 Å². The molecule has 3 aliphatic rings. The van der Waals surface area contributed by atoms with E-state index in [0.29, 0.717) is 0 Å². The largest absolute Gasteiger partial charge is 0.463 e. The molecule has 2 aliphatic carbocycles. The molecule has 4 rings (SSSR count). The Hall–Kier alpha value is -4.10. The minimum absolute atomic E-state index is 0.0383. The number of ketones is 2. The molecule has 1 aromatic carbocycles. The van der Waals surface area contributed by atoms with Crippen molar-refractivity contribution in [1.29, 1.82) is 0 Å². The number of fused-ring (bicyclic) bond motifs is 2. The van der Waals surface area contributed by atoms with Gasteiger partial charge < -0.3 is 33.5 Å². The van der Waals surface area contributed by atoms with Gasteiger partial charge in [0.1, 0.15) is 18.5 Å². The predicted octanol–water partition coefficient (Wildman–Crippen LogP) is 1.47. The molecular weight excluding hydrogens is 556 g/mol. The number of carbonyl (C=O) groups excluding carboxylic acids is 6. The average Bonchev–Trinajstić information content (AvgIpc) is 2.88. The van der Waals surface area contributed by atoms with Gasteiger partial charge in [-0.05, 0) is 19.4 Å². The van der Waals surface area contributed by atoms with Crippen LogP contribution in [0.3, 0.4) is 0 Å². The quantitative estimate of drug-likeness (QED) is 0.275. The zero-order valence-electron chi connectivity index (χ0n) is 23.7. The van der Waals surface area contributed by atoms with Gasteiger partial charge in [-0.1, -0.05) is 23.8 Å². The molecule has 226 valence electrons. The molecule has 1 aromatic rings. The molecule has 1 aliphatic heterocycles. The Bertz CT molecular complexity index is 1330. The van der Waals surface area contributed by atoms with Crippen molar-refractivity contribution in [3.63, 3.8) is 0 Å². The van der Waals surface area contributed by atoms with E-state index in [-0.39, 0.29) is 23.3 Å². The van der Waals surface area contributed by atoms with E-state index >= 15 is 0 Å². The summed E-state index contributed by atoms with van der Waals surface area (Å²) in [5, 5.41) is 10.6. The van der Waals surface area contributed by atoms with E-state index in [2.05, 4.69) is 0 Å². The van der Waals surface area contributed by atoms with Crippen LogP contribution < -0.4 is 4.74 Å². The number of carbonyl (C=O) groups is 6. The Balaban J connectivity index is 1.77. The van der Waals surface area contributed by atoms with Crippen molar-refractivity contribution >= 4 is 35.4 Å². The molecule has 1 heterocycles. The summed E-state index contributed by atoms with van der Waals surface area (Å²) in [6.45, 7) is 5.72. The van der Waals surface area contributed by atoms with Crippen LogP contribution in [-0.4, -0.2) is 84.0 Å². The van der Waals surface area contributed by atoms with Crippen LogP contribution >= 0.6 is 0 Å². The summed E-state index contributed by atoms with van der Waals surface area (Å²) in [6, 6.07) is 4.34. The van der Waals surface area contributed by atoms with Gasteiger partial charge in [0.15, 0.2) is 23.8 Å². The maximum absolute atomic E-state index is 13.8. The SMILES string of the molecule is CC(=O)OC[C@@H]1O[C@H](Oc2cccc3c2C(=O)[C@@H]2CC(C)=C[C@@H](O)[C@H]2C3=O)[C@@H](OC(C)=O)[C@H](OC(C)=O)[C@H]1OC(C)=O. The lowest BCUT2D eigenvalue weighted by Gasteiger charge is -2.44. The molecule has 0 saturated carbocycles. The third-order valence-corrected chi connectivity index (χ3v) is 7.17. The Kier molecular flexibility index (Phi) is 9.12. The van der Waals surface area contributed by atoms with E-state index in [9.17, 15) is 33.9 Å². The second kappa shape index (κ2) is 12.4. The third kappa shape index (κ3) is 6.36. The maximum atomic E-state index is 13.8. The van der Waals surface area contributed by atoms with Crippen LogP contribution in [0.2, 0.25) is 0 Å². The summed E-state index contributed by atoms with van der Waals surface area (Å²) in [5.74, 6) is -5.84. The fraction of sp³-hybridized carbons (Fsp3) is 0.517. The van der Waals surface area contributed by atoms with Gasteiger partial charge in [0.25, 0.3) is 0 Å². The Morgan fingerprint density at radius 1 is 0.881 bits per heavy atom. The normalized spacial score (nSPS) is 30.2. The lowest BCUT2D eigenvalue weighted by Crippen LogP contribution is -2.63. The van der Waals surface area contributed by atoms with Crippen LogP contribution in [0.1, 0.15) is 61.8 Å². The van der Waals surface area contributed by atoms with E-state index in [1.807, 2.05) is 0 Å². The molecule has 0 spiro atoms. The fourth-order valence-corrected chi connectivity index (χ4v) is 5.63. The van der Waals surface area contributed by atoms with Crippen molar-refractivity contribution < 1.29 is 62.3 Å². The number of aliphatic hydroxyl groups excluding tert-OH is 1. The second-order valence-electron chi connectivity index (χ2n) is 10.4. The number of hydrogen-bond donors (Lipinski definition) is 1. The number of benzene rings is 1. The first kappa shape index (κ1) is 30.8. The minimum atomic E-state index is -1.59. The van der Waals surface area contributed by atoms with Gasteiger partial charge in [-0.25, -0.2) is 0 Å². The van der Waals surface area contributed by atoms with Crippen molar-refractivity contribution in [3.8, 4) is 5.75 Å². The summed E-state index contributed by atoms with van der Waals surface area (Å²) in [4.78, 5) is 75.0. The van der Waals surface area contributed by atoms with Crippen molar-refractivity contribution in [3.05, 3.63) is 41.0 Å². The molecule has 0 radical (unpaired) electrons. The molecular formula is C29H32O13. The summed E-state index contributed by atoms with van der Waals surface area (Å²) in [7, 11) is 0. The van der Waals surface area contributed by atoms with Gasteiger partial charge >= 0.3 is 23.9 Å². The van der Waals surface area contributed by atoms with Crippen LogP contribution in [0.4, 0.5) is 0 Å². The van der Waals surface area contributed by atoms with E-state index in [0.717, 1.165) is 33.3 Å². The first-order valence-electron chi connectivity index (χ1n) is 13.3. The number of aliphatic hydroxyl groups is 1. The van der Waals surface area contributed by atoms with Gasteiger partial charge in [0.2, 0.25) is 12.4 Å². The highest BCUT2D eigenvalue weighted by atomic mass is 16.7. The van der Waals surface area contributed by atoms with E-state index in [4.69, 9.17) is 28.4 Å². The Labute approximate surface area is 241 Å². The summed E-state index contributed by atoms with van der Waals surface area (Å²) in [5.41, 5.74) is 0.751. The molecule has 1 saturated heterocycles. The first-order valence-corrected chi connectivity index (χ1v) is 13.3. The van der Waals surface area contributed by atoms with Gasteiger partial charge in [0.05, 0.1) is 17.6 Å². The summed E-state index contributed by atoms with van der Waals surface area (Å²) < 4.78 is 33.4. The van der Waals surface area contributed by atoms with Crippen LogP contribution in [0.25, 0.3) is 0 Å². The van der Waals surface area contributed by atoms with Crippen LogP contribution in [0.15, 0.2) is 29.8 Å². The molecule has 42 heavy (non-hydrogen) atoms. The number of esters is 4.